The number of nitrogens with two attached hydrogens (primary N) is 1. The Kier molecular flexibility index (Phi) is 8.77. The number of rotatable bonds is 8. The fourth-order valence-electron chi connectivity index (χ4n) is 6.57. The molecular formula is C31H37F3N6O3. The number of alkyl halides is 3. The van der Waals surface area contributed by atoms with Crippen molar-refractivity contribution in [1.29, 1.82) is 0 Å². The molecule has 2 aliphatic heterocycles. The van der Waals surface area contributed by atoms with Crippen molar-refractivity contribution in [3.8, 4) is 23.0 Å². The summed E-state index contributed by atoms with van der Waals surface area (Å²) in [6.45, 7) is 6.11. The lowest BCUT2D eigenvalue weighted by Crippen LogP contribution is -2.58. The number of fused-ring (bicyclic) bond motifs is 2. The molecule has 1 amide bonds. The van der Waals surface area contributed by atoms with Gasteiger partial charge in [-0.3, -0.25) is 9.78 Å². The van der Waals surface area contributed by atoms with Crippen molar-refractivity contribution in [1.82, 2.24) is 19.9 Å². The molecule has 0 bridgehead atoms. The summed E-state index contributed by atoms with van der Waals surface area (Å²) in [7, 11) is 1.30. The van der Waals surface area contributed by atoms with Crippen molar-refractivity contribution in [3.05, 3.63) is 59.5 Å². The van der Waals surface area contributed by atoms with Crippen LogP contribution in [0.3, 0.4) is 0 Å². The molecule has 1 saturated heterocycles. The molecule has 0 aromatic carbocycles. The minimum atomic E-state index is -4.64. The molecule has 5 rings (SSSR count). The zero-order chi connectivity index (χ0) is 30.8. The second kappa shape index (κ2) is 12.4. The minimum absolute atomic E-state index is 0.0298. The van der Waals surface area contributed by atoms with E-state index in [0.717, 1.165) is 16.8 Å². The Hall–Kier alpha value is -3.93. The van der Waals surface area contributed by atoms with Crippen LogP contribution < -0.4 is 20.1 Å². The molecule has 0 radical (unpaired) electrons. The first-order valence-corrected chi connectivity index (χ1v) is 14.6. The molecule has 0 aliphatic carbocycles. The second-order valence-electron chi connectivity index (χ2n) is 10.9. The van der Waals surface area contributed by atoms with E-state index in [-0.39, 0.29) is 36.4 Å². The van der Waals surface area contributed by atoms with Crippen molar-refractivity contribution < 1.29 is 27.4 Å². The molecular weight excluding hydrogens is 561 g/mol. The van der Waals surface area contributed by atoms with Gasteiger partial charge in [-0.15, -0.1) is 0 Å². The molecule has 43 heavy (non-hydrogen) atoms. The van der Waals surface area contributed by atoms with Gasteiger partial charge in [-0.25, -0.2) is 9.97 Å². The molecule has 12 heteroatoms. The van der Waals surface area contributed by atoms with Crippen LogP contribution in [0, 0.1) is 5.92 Å². The number of aromatic nitrogens is 3. The Morgan fingerprint density at radius 1 is 1.16 bits per heavy atom. The highest BCUT2D eigenvalue weighted by molar-refractivity contribution is 5.77. The number of hydrogen-bond acceptors (Lipinski definition) is 8. The van der Waals surface area contributed by atoms with Crippen molar-refractivity contribution in [2.75, 3.05) is 44.8 Å². The molecule has 0 unspecified atom stereocenters. The van der Waals surface area contributed by atoms with Gasteiger partial charge in [-0.05, 0) is 49.1 Å². The van der Waals surface area contributed by atoms with Crippen LogP contribution in [-0.4, -0.2) is 65.7 Å². The van der Waals surface area contributed by atoms with Crippen molar-refractivity contribution in [3.63, 3.8) is 0 Å². The molecule has 230 valence electrons. The van der Waals surface area contributed by atoms with Gasteiger partial charge in [0.1, 0.15) is 0 Å². The Morgan fingerprint density at radius 3 is 2.67 bits per heavy atom. The Morgan fingerprint density at radius 2 is 1.98 bits per heavy atom. The van der Waals surface area contributed by atoms with Crippen LogP contribution in [0.4, 0.5) is 18.9 Å². The van der Waals surface area contributed by atoms with Crippen LogP contribution in [0.2, 0.25) is 0 Å². The summed E-state index contributed by atoms with van der Waals surface area (Å²) >= 11 is 0. The van der Waals surface area contributed by atoms with Crippen LogP contribution in [0.5, 0.6) is 11.8 Å². The first kappa shape index (κ1) is 30.5. The number of carbonyl (C=O) groups is 1. The fraction of sp³-hybridized carbons (Fsp3) is 0.484. The summed E-state index contributed by atoms with van der Waals surface area (Å²) in [5.74, 6) is 0.260. The van der Waals surface area contributed by atoms with Crippen molar-refractivity contribution in [2.45, 2.75) is 51.2 Å². The summed E-state index contributed by atoms with van der Waals surface area (Å²) in [5.41, 5.74) is 7.56. The predicted molar refractivity (Wildman–Crippen MR) is 156 cm³/mol. The third kappa shape index (κ3) is 5.84. The van der Waals surface area contributed by atoms with Gasteiger partial charge in [0.15, 0.2) is 5.69 Å². The number of pyridine rings is 3. The van der Waals surface area contributed by atoms with E-state index in [0.29, 0.717) is 57.2 Å². The maximum Gasteiger partial charge on any atom is 0.435 e. The number of amides is 1. The Labute approximate surface area is 249 Å². The van der Waals surface area contributed by atoms with E-state index in [1.165, 1.54) is 19.2 Å². The van der Waals surface area contributed by atoms with Crippen LogP contribution in [0.1, 0.15) is 50.1 Å². The van der Waals surface area contributed by atoms with E-state index < -0.39 is 17.3 Å². The lowest BCUT2D eigenvalue weighted by molar-refractivity contribution is -0.141. The van der Waals surface area contributed by atoms with Gasteiger partial charge in [-0.1, -0.05) is 19.4 Å². The molecule has 9 nitrogen and oxygen atoms in total. The maximum absolute atomic E-state index is 14.1. The highest BCUT2D eigenvalue weighted by Crippen LogP contribution is 2.48. The first-order valence-electron chi connectivity index (χ1n) is 14.6. The summed E-state index contributed by atoms with van der Waals surface area (Å²) in [6, 6.07) is 10.6. The smallest absolute Gasteiger partial charge is 0.435 e. The molecule has 2 aliphatic rings. The van der Waals surface area contributed by atoms with Crippen LogP contribution in [-0.2, 0) is 22.9 Å². The largest absolute Gasteiger partial charge is 0.481 e. The molecule has 2 atom stereocenters. The summed E-state index contributed by atoms with van der Waals surface area (Å²) in [4.78, 5) is 30.0. The van der Waals surface area contributed by atoms with Gasteiger partial charge in [0.25, 0.3) is 0 Å². The molecule has 1 fully saturated rings. The van der Waals surface area contributed by atoms with E-state index >= 15 is 0 Å². The average Bonchev–Trinajstić information content (AvgIpc) is 3.01. The van der Waals surface area contributed by atoms with Crippen LogP contribution >= 0.6 is 0 Å². The monoisotopic (exact) mass is 598 g/mol. The zero-order valence-electron chi connectivity index (χ0n) is 24.7. The third-order valence-electron chi connectivity index (χ3n) is 8.57. The third-order valence-corrected chi connectivity index (χ3v) is 8.57. The van der Waals surface area contributed by atoms with E-state index in [1.54, 1.807) is 11.1 Å². The van der Waals surface area contributed by atoms with Crippen molar-refractivity contribution >= 4 is 11.6 Å². The Balaban J connectivity index is 1.56. The normalized spacial score (nSPS) is 20.2. The number of piperidine rings is 1. The summed E-state index contributed by atoms with van der Waals surface area (Å²) in [5, 5.41) is 0. The van der Waals surface area contributed by atoms with Gasteiger partial charge in [0, 0.05) is 50.3 Å². The van der Waals surface area contributed by atoms with Gasteiger partial charge < -0.3 is 25.0 Å². The highest BCUT2D eigenvalue weighted by Gasteiger charge is 2.50. The number of ether oxygens (including phenoxy) is 2. The van der Waals surface area contributed by atoms with E-state index in [1.807, 2.05) is 36.9 Å². The first-order chi connectivity index (χ1) is 20.6. The standard InChI is InChI=1S/C31H37F3N6O3/c1-4-20-17-39(25-10-11-26(42-3)38-28(25)31(32,33)34)16-13-30(20)19-40(27(41)12-14-35)18-24-22(30)8-9-23(37-24)21-7-6-15-36-29(21)43-5-2/h6-11,15,20H,4-5,12-14,16-19,35H2,1-3H3/t20-,30+/m1/s1. The number of nitrogens with zero attached hydrogens (tertiary/aromatic N) is 5. The highest BCUT2D eigenvalue weighted by atomic mass is 19.4. The Bertz CT molecular complexity index is 1470. The van der Waals surface area contributed by atoms with Gasteiger partial charge in [0.2, 0.25) is 17.7 Å². The van der Waals surface area contributed by atoms with E-state index in [2.05, 4.69) is 16.0 Å². The number of methoxy groups -OCH3 is 1. The summed E-state index contributed by atoms with van der Waals surface area (Å²) in [6.07, 6.45) is -1.55. The summed E-state index contributed by atoms with van der Waals surface area (Å²) < 4.78 is 53.0. The second-order valence-corrected chi connectivity index (χ2v) is 10.9. The number of carbonyl (C=O) groups excluding carboxylic acids is 1. The SMILES string of the molecule is CCOc1ncccc1-c1ccc2c(n1)CN(C(=O)CCN)C[C@]21CCN(c2ccc(OC)nc2C(F)(F)F)C[C@H]1CC. The van der Waals surface area contributed by atoms with Gasteiger partial charge >= 0.3 is 6.18 Å². The topological polar surface area (TPSA) is 107 Å². The van der Waals surface area contributed by atoms with E-state index in [9.17, 15) is 18.0 Å². The lowest BCUT2D eigenvalue weighted by Gasteiger charge is -2.53. The lowest BCUT2D eigenvalue weighted by atomic mass is 9.62. The van der Waals surface area contributed by atoms with Crippen molar-refractivity contribution in [2.24, 2.45) is 11.7 Å². The van der Waals surface area contributed by atoms with E-state index in [4.69, 9.17) is 20.2 Å². The molecule has 0 saturated carbocycles. The van der Waals surface area contributed by atoms with Crippen LogP contribution in [0.15, 0.2) is 42.6 Å². The number of anilines is 1. The molecule has 3 aromatic rings. The quantitative estimate of drug-likeness (QED) is 0.393. The maximum atomic E-state index is 14.1. The van der Waals surface area contributed by atoms with Crippen LogP contribution in [0.25, 0.3) is 11.3 Å². The average molecular weight is 599 g/mol. The fourth-order valence-corrected chi connectivity index (χ4v) is 6.57. The molecule has 2 N–H and O–H groups in total. The number of hydrogen-bond donors (Lipinski definition) is 1. The number of halogens is 3. The van der Waals surface area contributed by atoms with Gasteiger partial charge in [-0.2, -0.15) is 13.2 Å². The predicted octanol–water partition coefficient (Wildman–Crippen LogP) is 4.83. The minimum Gasteiger partial charge on any atom is -0.481 e. The molecule has 3 aromatic heterocycles. The molecule has 5 heterocycles. The zero-order valence-corrected chi connectivity index (χ0v) is 24.7. The van der Waals surface area contributed by atoms with Gasteiger partial charge in [0.05, 0.1) is 42.9 Å². The molecule has 1 spiro atoms.